The molecule has 0 fully saturated rings. The van der Waals surface area contributed by atoms with E-state index in [-0.39, 0.29) is 52.0 Å². The van der Waals surface area contributed by atoms with E-state index in [1.807, 2.05) is 12.3 Å². The Morgan fingerprint density at radius 1 is 0.671 bits per heavy atom. The maximum atomic E-state index is 14.6. The Labute approximate surface area is 413 Å². The van der Waals surface area contributed by atoms with Gasteiger partial charge in [-0.25, -0.2) is 36.7 Å². The number of carbonyl (C=O) groups is 4. The van der Waals surface area contributed by atoms with Gasteiger partial charge < -0.3 is 31.2 Å². The number of carbonyl (C=O) groups excluding carboxylic acids is 4. The molecule has 2 atom stereocenters. The van der Waals surface area contributed by atoms with Gasteiger partial charge in [-0.3, -0.25) is 19.0 Å². The summed E-state index contributed by atoms with van der Waals surface area (Å²) >= 11 is 11.4. The number of hydrogen-bond acceptors (Lipinski definition) is 10. The summed E-state index contributed by atoms with van der Waals surface area (Å²) in [7, 11) is 0. The highest BCUT2D eigenvalue weighted by Crippen LogP contribution is 2.37. The van der Waals surface area contributed by atoms with Crippen LogP contribution in [0.2, 0.25) is 10.0 Å². The molecule has 3 heterocycles. The normalized spacial score (nSPS) is 14.0. The average Bonchev–Trinajstić information content (AvgIpc) is 4.20. The van der Waals surface area contributed by atoms with E-state index in [4.69, 9.17) is 38.4 Å². The Balaban J connectivity index is 0.000000183. The van der Waals surface area contributed by atoms with E-state index in [2.05, 4.69) is 31.1 Å². The fraction of sp³-hybridized carbons (Fsp3) is 0.213. The first-order chi connectivity index (χ1) is 33.2. The van der Waals surface area contributed by atoms with E-state index >= 15 is 0 Å². The number of ether oxygens (including phenoxy) is 2. The second-order valence-electron chi connectivity index (χ2n) is 15.3. The molecule has 7 aromatic rings. The molecule has 5 N–H and O–H groups in total. The molecule has 70 heavy (non-hydrogen) atoms. The summed E-state index contributed by atoms with van der Waals surface area (Å²) in [5.41, 5.74) is 9.03. The molecular formula is C47H43Cl3F4N10O6. The number of aromatic nitrogens is 6. The zero-order valence-corrected chi connectivity index (χ0v) is 39.0. The quantitative estimate of drug-likeness (QED) is 0.0904. The van der Waals surface area contributed by atoms with Gasteiger partial charge in [-0.15, -0.1) is 12.4 Å². The van der Waals surface area contributed by atoms with E-state index in [9.17, 15) is 36.7 Å². The van der Waals surface area contributed by atoms with Crippen molar-refractivity contribution in [3.05, 3.63) is 183 Å². The van der Waals surface area contributed by atoms with Crippen molar-refractivity contribution in [3.8, 4) is 0 Å². The number of alkyl carbamates (subject to hydrolysis) is 1. The van der Waals surface area contributed by atoms with Gasteiger partial charge in [0, 0.05) is 76.9 Å². The van der Waals surface area contributed by atoms with Gasteiger partial charge in [0.1, 0.15) is 42.8 Å². The third kappa shape index (κ3) is 13.3. The first-order valence-corrected chi connectivity index (χ1v) is 22.0. The smallest absolute Gasteiger partial charge is 0.419 e. The largest absolute Gasteiger partial charge is 0.448 e. The molecule has 0 saturated carbocycles. The van der Waals surface area contributed by atoms with E-state index in [1.165, 1.54) is 77.9 Å². The Kier molecular flexibility index (Phi) is 18.1. The van der Waals surface area contributed by atoms with Crippen LogP contribution in [-0.4, -0.2) is 66.3 Å². The van der Waals surface area contributed by atoms with Crippen LogP contribution in [0.15, 0.2) is 116 Å². The predicted molar refractivity (Wildman–Crippen MR) is 253 cm³/mol. The van der Waals surface area contributed by atoms with Crippen LogP contribution in [-0.2, 0) is 35.4 Å². The van der Waals surface area contributed by atoms with Crippen molar-refractivity contribution in [2.45, 2.75) is 50.9 Å². The van der Waals surface area contributed by atoms with Crippen molar-refractivity contribution < 1.29 is 46.2 Å². The maximum absolute atomic E-state index is 14.6. The minimum absolute atomic E-state index is 0. The number of halogens is 7. The zero-order valence-electron chi connectivity index (χ0n) is 36.7. The van der Waals surface area contributed by atoms with Gasteiger partial charge in [-0.05, 0) is 110 Å². The predicted octanol–water partition coefficient (Wildman–Crippen LogP) is 9.48. The third-order valence-corrected chi connectivity index (χ3v) is 11.4. The molecule has 0 aliphatic heterocycles. The summed E-state index contributed by atoms with van der Waals surface area (Å²) in [5.74, 6) is -2.94. The monoisotopic (exact) mass is 1020 g/mol. The summed E-state index contributed by atoms with van der Waals surface area (Å²) in [4.78, 5) is 52.4. The van der Waals surface area contributed by atoms with Crippen LogP contribution in [0.4, 0.5) is 38.5 Å². The molecule has 9 rings (SSSR count). The lowest BCUT2D eigenvalue weighted by molar-refractivity contribution is 0.101. The van der Waals surface area contributed by atoms with Crippen LogP contribution in [0.3, 0.4) is 0 Å². The van der Waals surface area contributed by atoms with Crippen LogP contribution >= 0.6 is 35.6 Å². The second kappa shape index (κ2) is 24.3. The average molecular weight is 1030 g/mol. The van der Waals surface area contributed by atoms with Gasteiger partial charge >= 0.3 is 12.2 Å². The first-order valence-electron chi connectivity index (χ1n) is 21.2. The van der Waals surface area contributed by atoms with Crippen molar-refractivity contribution >= 4 is 71.0 Å². The minimum atomic E-state index is -0.676. The highest BCUT2D eigenvalue weighted by Gasteiger charge is 2.32. The van der Waals surface area contributed by atoms with Gasteiger partial charge in [0.2, 0.25) is 0 Å². The number of anilines is 2. The van der Waals surface area contributed by atoms with E-state index < -0.39 is 47.5 Å². The topological polar surface area (TPSA) is 202 Å². The highest BCUT2D eigenvalue weighted by molar-refractivity contribution is 6.31. The number of imidazole rings is 1. The number of amides is 3. The molecule has 23 heteroatoms. The number of nitrogens with two attached hydrogens (primary N) is 1. The number of nitrogens with one attached hydrogen (secondary N) is 3. The molecule has 0 radical (unpaired) electrons. The Morgan fingerprint density at radius 2 is 1.19 bits per heavy atom. The summed E-state index contributed by atoms with van der Waals surface area (Å²) < 4.78 is 69.6. The lowest BCUT2D eigenvalue weighted by Crippen LogP contribution is -2.29. The van der Waals surface area contributed by atoms with Gasteiger partial charge in [-0.2, -0.15) is 10.2 Å². The Morgan fingerprint density at radius 3 is 1.70 bits per heavy atom. The van der Waals surface area contributed by atoms with Crippen molar-refractivity contribution in [1.82, 2.24) is 34.4 Å². The Hall–Kier alpha value is -7.26. The van der Waals surface area contributed by atoms with Crippen molar-refractivity contribution in [2.24, 2.45) is 5.73 Å². The van der Waals surface area contributed by atoms with Gasteiger partial charge in [0.25, 0.3) is 11.8 Å². The maximum Gasteiger partial charge on any atom is 0.419 e. The van der Waals surface area contributed by atoms with E-state index in [0.717, 1.165) is 6.07 Å². The summed E-state index contributed by atoms with van der Waals surface area (Å²) in [6.45, 7) is 1.35. The molecule has 2 aliphatic rings. The number of rotatable bonds is 11. The molecule has 0 unspecified atom stereocenters. The number of nitrogens with zero attached hydrogens (tertiary/aromatic N) is 6. The van der Waals surface area contributed by atoms with Gasteiger partial charge in [-0.1, -0.05) is 23.2 Å². The molecule has 366 valence electrons. The molecular weight excluding hydrogens is 983 g/mol. The fourth-order valence-corrected chi connectivity index (χ4v) is 7.89. The molecule has 2 aliphatic carbocycles. The number of benzene rings is 4. The molecule has 16 nitrogen and oxygen atoms in total. The SMILES string of the molecule is Cl.N[C@H]1CCc2c(C(=O)Nc3ccc(F)c(Cl)c3)ccc(F)c21.O=C(N[C@H]1CCc2c(C(=O)Nc3ccc(F)c(Cl)c3)ccc(F)c21)OCCn1cccn1.O=C(OCCn1cccn1)n1ccnc1. The molecule has 0 spiro atoms. The Bertz CT molecular complexity index is 2930. The van der Waals surface area contributed by atoms with Crippen LogP contribution in [0.25, 0.3) is 0 Å². The van der Waals surface area contributed by atoms with Crippen LogP contribution in [0.1, 0.15) is 67.9 Å². The highest BCUT2D eigenvalue weighted by atomic mass is 35.5. The second-order valence-corrected chi connectivity index (χ2v) is 16.1. The summed E-state index contributed by atoms with van der Waals surface area (Å²) in [6, 6.07) is 15.6. The fourth-order valence-electron chi connectivity index (χ4n) is 7.53. The van der Waals surface area contributed by atoms with Gasteiger partial charge in [0.15, 0.2) is 0 Å². The molecule has 3 aromatic heterocycles. The van der Waals surface area contributed by atoms with Crippen molar-refractivity contribution in [1.29, 1.82) is 0 Å². The summed E-state index contributed by atoms with van der Waals surface area (Å²) in [5, 5.41) is 15.7. The molecule has 0 saturated heterocycles. The third-order valence-electron chi connectivity index (χ3n) is 10.8. The van der Waals surface area contributed by atoms with Crippen LogP contribution < -0.4 is 21.7 Å². The van der Waals surface area contributed by atoms with Crippen LogP contribution in [0, 0.1) is 23.3 Å². The van der Waals surface area contributed by atoms with E-state index in [1.54, 1.807) is 34.0 Å². The molecule has 0 bridgehead atoms. The number of hydrogen-bond donors (Lipinski definition) is 4. The first kappa shape index (κ1) is 52.1. The van der Waals surface area contributed by atoms with Crippen molar-refractivity contribution in [2.75, 3.05) is 23.8 Å². The van der Waals surface area contributed by atoms with Gasteiger partial charge in [0.05, 0.1) is 29.2 Å². The standard InChI is InChI=1S/C22H19ClF2N4O3.C16H13ClF2N2O.C9H10N4O2.ClH/c23-16-12-13(2-5-17(16)24)27-21(30)15-3-6-18(25)20-14(15)4-7-19(20)28-22(31)32-11-10-29-9-1-8-26-29;17-11-7-8(1-4-12(11)18)21-16(22)10-2-5-13(19)15-9(10)3-6-14(15)20;14-9(12-5-3-10-8-12)15-7-6-13-4-1-2-11-13;/h1-3,5-6,8-9,12,19H,4,7,10-11H2,(H,27,30)(H,28,31);1-2,4-5,7,14H,3,6,20H2,(H,21,22);1-5,8H,6-7H2;1H/t19-;14-;;/m00../s1. The summed E-state index contributed by atoms with van der Waals surface area (Å²) in [6.07, 6.45) is 12.2. The molecule has 3 amide bonds. The van der Waals surface area contributed by atoms with Crippen molar-refractivity contribution in [3.63, 3.8) is 0 Å². The van der Waals surface area contributed by atoms with Crippen LogP contribution in [0.5, 0.6) is 0 Å². The van der Waals surface area contributed by atoms with E-state index in [0.29, 0.717) is 79.0 Å². The molecule has 4 aromatic carbocycles. The lowest BCUT2D eigenvalue weighted by Gasteiger charge is -2.16. The zero-order chi connectivity index (χ0) is 49.0. The lowest BCUT2D eigenvalue weighted by atomic mass is 10.0. The minimum Gasteiger partial charge on any atom is -0.448 e. The number of fused-ring (bicyclic) bond motifs is 2.